The molecule has 1 heterocycles. The van der Waals surface area contributed by atoms with Gasteiger partial charge in [-0.2, -0.15) is 0 Å². The van der Waals surface area contributed by atoms with Gasteiger partial charge in [-0.25, -0.2) is 4.98 Å². The SMILES string of the molecule is C[C@@H](Sc1nccn1C)C(=O)NC1CCCC1. The van der Waals surface area contributed by atoms with Crippen molar-refractivity contribution in [2.75, 3.05) is 0 Å². The van der Waals surface area contributed by atoms with Gasteiger partial charge in [-0.15, -0.1) is 0 Å². The minimum atomic E-state index is -0.0864. The number of nitrogens with one attached hydrogen (secondary N) is 1. The number of carbonyl (C=O) groups is 1. The Bertz CT molecular complexity index is 385. The Morgan fingerprint density at radius 1 is 1.59 bits per heavy atom. The molecule has 0 saturated heterocycles. The van der Waals surface area contributed by atoms with Gasteiger partial charge in [-0.3, -0.25) is 4.79 Å². The second kappa shape index (κ2) is 5.58. The van der Waals surface area contributed by atoms with Crippen LogP contribution in [0.1, 0.15) is 32.6 Å². The summed E-state index contributed by atoms with van der Waals surface area (Å²) in [6.45, 7) is 1.93. The van der Waals surface area contributed by atoms with E-state index in [1.54, 1.807) is 6.20 Å². The zero-order valence-corrected chi connectivity index (χ0v) is 11.2. The van der Waals surface area contributed by atoms with Crippen LogP contribution in [-0.4, -0.2) is 26.8 Å². The van der Waals surface area contributed by atoms with Crippen LogP contribution in [0.5, 0.6) is 0 Å². The normalized spacial score (nSPS) is 18.2. The number of amides is 1. The molecule has 0 bridgehead atoms. The van der Waals surface area contributed by atoms with Gasteiger partial charge in [0, 0.05) is 25.5 Å². The molecule has 17 heavy (non-hydrogen) atoms. The molecule has 0 aliphatic heterocycles. The average molecular weight is 253 g/mol. The molecule has 94 valence electrons. The van der Waals surface area contributed by atoms with Gasteiger partial charge in [0.1, 0.15) is 0 Å². The molecule has 1 N–H and O–H groups in total. The highest BCUT2D eigenvalue weighted by Crippen LogP contribution is 2.22. The van der Waals surface area contributed by atoms with E-state index in [9.17, 15) is 4.79 Å². The van der Waals surface area contributed by atoms with Crippen LogP contribution in [0, 0.1) is 0 Å². The Morgan fingerprint density at radius 2 is 2.29 bits per heavy atom. The van der Waals surface area contributed by atoms with Gasteiger partial charge in [0.25, 0.3) is 0 Å². The monoisotopic (exact) mass is 253 g/mol. The topological polar surface area (TPSA) is 46.9 Å². The lowest BCUT2D eigenvalue weighted by molar-refractivity contribution is -0.120. The number of rotatable bonds is 4. The Balaban J connectivity index is 1.84. The van der Waals surface area contributed by atoms with Crippen molar-refractivity contribution in [1.82, 2.24) is 14.9 Å². The van der Waals surface area contributed by atoms with E-state index in [-0.39, 0.29) is 11.2 Å². The number of nitrogens with zero attached hydrogens (tertiary/aromatic N) is 2. The number of thioether (sulfide) groups is 1. The minimum Gasteiger partial charge on any atom is -0.352 e. The summed E-state index contributed by atoms with van der Waals surface area (Å²) in [6.07, 6.45) is 8.39. The first-order valence-corrected chi connectivity index (χ1v) is 6.99. The number of aryl methyl sites for hydroxylation is 1. The Labute approximate surface area is 106 Å². The summed E-state index contributed by atoms with van der Waals surface area (Å²) in [6, 6.07) is 0.395. The van der Waals surface area contributed by atoms with Crippen molar-refractivity contribution >= 4 is 17.7 Å². The van der Waals surface area contributed by atoms with Crippen LogP contribution in [0.3, 0.4) is 0 Å². The minimum absolute atomic E-state index is 0.0864. The van der Waals surface area contributed by atoms with Crippen LogP contribution in [0.4, 0.5) is 0 Å². The van der Waals surface area contributed by atoms with Crippen molar-refractivity contribution in [1.29, 1.82) is 0 Å². The number of aromatic nitrogens is 2. The zero-order valence-electron chi connectivity index (χ0n) is 10.3. The van der Waals surface area contributed by atoms with E-state index < -0.39 is 0 Å². The van der Waals surface area contributed by atoms with Gasteiger partial charge in [0.2, 0.25) is 5.91 Å². The van der Waals surface area contributed by atoms with Crippen LogP contribution in [0.15, 0.2) is 17.6 Å². The maximum atomic E-state index is 12.0. The van der Waals surface area contributed by atoms with Gasteiger partial charge >= 0.3 is 0 Å². The number of hydrogen-bond acceptors (Lipinski definition) is 3. The summed E-state index contributed by atoms with van der Waals surface area (Å²) < 4.78 is 1.93. The second-order valence-corrected chi connectivity index (χ2v) is 5.88. The first-order valence-electron chi connectivity index (χ1n) is 6.11. The molecule has 1 aromatic heterocycles. The van der Waals surface area contributed by atoms with Crippen molar-refractivity contribution in [2.45, 2.75) is 49.1 Å². The molecule has 1 aromatic rings. The van der Waals surface area contributed by atoms with Crippen molar-refractivity contribution in [3.05, 3.63) is 12.4 Å². The van der Waals surface area contributed by atoms with Crippen molar-refractivity contribution in [2.24, 2.45) is 7.05 Å². The third kappa shape index (κ3) is 3.25. The molecular formula is C12H19N3OS. The smallest absolute Gasteiger partial charge is 0.233 e. The van der Waals surface area contributed by atoms with Gasteiger partial charge in [-0.05, 0) is 19.8 Å². The third-order valence-corrected chi connectivity index (χ3v) is 4.30. The third-order valence-electron chi connectivity index (χ3n) is 3.13. The lowest BCUT2D eigenvalue weighted by Gasteiger charge is -2.15. The lowest BCUT2D eigenvalue weighted by Crippen LogP contribution is -2.37. The van der Waals surface area contributed by atoms with Crippen LogP contribution >= 0.6 is 11.8 Å². The molecule has 4 nitrogen and oxygen atoms in total. The summed E-state index contributed by atoms with van der Waals surface area (Å²) in [5, 5.41) is 3.92. The van der Waals surface area contributed by atoms with E-state index in [0.717, 1.165) is 18.0 Å². The Hall–Kier alpha value is -0.970. The fraction of sp³-hybridized carbons (Fsp3) is 0.667. The predicted octanol–water partition coefficient (Wildman–Crippen LogP) is 1.96. The highest BCUT2D eigenvalue weighted by molar-refractivity contribution is 8.00. The number of hydrogen-bond donors (Lipinski definition) is 1. The van der Waals surface area contributed by atoms with Crippen molar-refractivity contribution in [3.63, 3.8) is 0 Å². The Morgan fingerprint density at radius 3 is 2.88 bits per heavy atom. The molecule has 1 fully saturated rings. The van der Waals surface area contributed by atoms with Crippen LogP contribution in [-0.2, 0) is 11.8 Å². The maximum absolute atomic E-state index is 12.0. The molecule has 1 amide bonds. The molecule has 1 atom stereocenters. The molecule has 0 spiro atoms. The zero-order chi connectivity index (χ0) is 12.3. The summed E-state index contributed by atoms with van der Waals surface area (Å²) in [7, 11) is 1.94. The van der Waals surface area contributed by atoms with E-state index in [4.69, 9.17) is 0 Å². The second-order valence-electron chi connectivity index (χ2n) is 4.57. The van der Waals surface area contributed by atoms with Gasteiger partial charge in [0.05, 0.1) is 5.25 Å². The molecular weight excluding hydrogens is 234 g/mol. The standard InChI is InChI=1S/C12H19N3OS/c1-9(17-12-13-7-8-15(12)2)11(16)14-10-5-3-4-6-10/h7-10H,3-6H2,1-2H3,(H,14,16)/t9-/m1/s1. The Kier molecular flexibility index (Phi) is 4.10. The molecule has 2 rings (SSSR count). The van der Waals surface area contributed by atoms with Gasteiger partial charge in [-0.1, -0.05) is 24.6 Å². The molecule has 5 heteroatoms. The fourth-order valence-corrected chi connectivity index (χ4v) is 2.91. The first-order chi connectivity index (χ1) is 8.16. The summed E-state index contributed by atoms with van der Waals surface area (Å²) in [4.78, 5) is 16.2. The van der Waals surface area contributed by atoms with Crippen LogP contribution < -0.4 is 5.32 Å². The molecule has 0 aromatic carbocycles. The lowest BCUT2D eigenvalue weighted by atomic mass is 10.2. The van der Waals surface area contributed by atoms with E-state index >= 15 is 0 Å². The summed E-state index contributed by atoms with van der Waals surface area (Å²) >= 11 is 1.51. The number of imidazole rings is 1. The van der Waals surface area contributed by atoms with Gasteiger partial charge in [0.15, 0.2) is 5.16 Å². The number of carbonyl (C=O) groups excluding carboxylic acids is 1. The van der Waals surface area contributed by atoms with E-state index in [0.29, 0.717) is 6.04 Å². The molecule has 1 aliphatic rings. The molecule has 0 unspecified atom stereocenters. The summed E-state index contributed by atoms with van der Waals surface area (Å²) in [5.74, 6) is 0.130. The quantitative estimate of drug-likeness (QED) is 0.834. The van der Waals surface area contributed by atoms with Crippen LogP contribution in [0.2, 0.25) is 0 Å². The van der Waals surface area contributed by atoms with Crippen molar-refractivity contribution < 1.29 is 4.79 Å². The predicted molar refractivity (Wildman–Crippen MR) is 68.9 cm³/mol. The van der Waals surface area contributed by atoms with Crippen molar-refractivity contribution in [3.8, 4) is 0 Å². The van der Waals surface area contributed by atoms with Gasteiger partial charge < -0.3 is 9.88 Å². The first kappa shape index (κ1) is 12.5. The van der Waals surface area contributed by atoms with E-state index in [1.165, 1.54) is 24.6 Å². The van der Waals surface area contributed by atoms with E-state index in [2.05, 4.69) is 10.3 Å². The van der Waals surface area contributed by atoms with E-state index in [1.807, 2.05) is 24.7 Å². The maximum Gasteiger partial charge on any atom is 0.233 e. The largest absolute Gasteiger partial charge is 0.352 e. The molecule has 1 aliphatic carbocycles. The van der Waals surface area contributed by atoms with Crippen LogP contribution in [0.25, 0.3) is 0 Å². The average Bonchev–Trinajstić information content (AvgIpc) is 2.91. The fourth-order valence-electron chi connectivity index (χ4n) is 2.07. The molecule has 1 saturated carbocycles. The molecule has 0 radical (unpaired) electrons. The highest BCUT2D eigenvalue weighted by Gasteiger charge is 2.22. The highest BCUT2D eigenvalue weighted by atomic mass is 32.2. The summed E-state index contributed by atoms with van der Waals surface area (Å²) in [5.41, 5.74) is 0.